The highest BCUT2D eigenvalue weighted by Crippen LogP contribution is 2.26. The minimum Gasteiger partial charge on any atom is -0.323 e. The number of benzene rings is 2. The van der Waals surface area contributed by atoms with Crippen molar-refractivity contribution in [3.63, 3.8) is 0 Å². The molecule has 0 radical (unpaired) electrons. The highest BCUT2D eigenvalue weighted by Gasteiger charge is 2.14. The molecule has 0 fully saturated rings. The molecule has 2 aromatic heterocycles. The zero-order chi connectivity index (χ0) is 19.0. The molecule has 136 valence electrons. The Balaban J connectivity index is 1.58. The number of aryl methyl sites for hydroxylation is 1. The molecule has 4 aromatic rings. The molecule has 0 aliphatic rings. The number of carbonyl (C=O) groups is 1. The van der Waals surface area contributed by atoms with Gasteiger partial charge in [0, 0.05) is 11.5 Å². The maximum atomic E-state index is 13.6. The minimum atomic E-state index is -0.691. The van der Waals surface area contributed by atoms with E-state index in [4.69, 9.17) is 0 Å². The third kappa shape index (κ3) is 3.35. The number of aromatic nitrogens is 3. The first-order valence-corrected chi connectivity index (χ1v) is 9.12. The van der Waals surface area contributed by atoms with E-state index in [0.717, 1.165) is 34.7 Å². The second kappa shape index (κ2) is 6.96. The van der Waals surface area contributed by atoms with E-state index in [1.807, 2.05) is 41.7 Å². The highest BCUT2D eigenvalue weighted by atomic mass is 32.2. The Morgan fingerprint density at radius 1 is 1.15 bits per heavy atom. The summed E-state index contributed by atoms with van der Waals surface area (Å²) < 4.78 is 28.7. The normalized spacial score (nSPS) is 11.2. The van der Waals surface area contributed by atoms with Gasteiger partial charge in [0.15, 0.2) is 10.8 Å². The van der Waals surface area contributed by atoms with Crippen molar-refractivity contribution in [2.45, 2.75) is 12.1 Å². The first-order chi connectivity index (χ1) is 13.0. The predicted molar refractivity (Wildman–Crippen MR) is 101 cm³/mol. The van der Waals surface area contributed by atoms with Crippen LogP contribution in [-0.4, -0.2) is 26.3 Å². The first-order valence-electron chi connectivity index (χ1n) is 8.14. The van der Waals surface area contributed by atoms with Gasteiger partial charge in [0.2, 0.25) is 5.91 Å². The molecule has 0 unspecified atom stereocenters. The summed E-state index contributed by atoms with van der Waals surface area (Å²) >= 11 is 1.18. The summed E-state index contributed by atoms with van der Waals surface area (Å²) in [6.45, 7) is 2.00. The van der Waals surface area contributed by atoms with E-state index in [1.54, 1.807) is 0 Å². The molecule has 0 saturated carbocycles. The van der Waals surface area contributed by atoms with E-state index >= 15 is 0 Å². The summed E-state index contributed by atoms with van der Waals surface area (Å²) in [6.07, 6.45) is 0. The number of rotatable bonds is 4. The van der Waals surface area contributed by atoms with Gasteiger partial charge in [-0.25, -0.2) is 8.78 Å². The largest absolute Gasteiger partial charge is 0.323 e. The second-order valence-corrected chi connectivity index (χ2v) is 6.92. The lowest BCUT2D eigenvalue weighted by atomic mass is 10.1. The number of hydrogen-bond donors (Lipinski definition) is 1. The Labute approximate surface area is 157 Å². The molecule has 2 aromatic carbocycles. The Bertz CT molecular complexity index is 1180. The maximum absolute atomic E-state index is 13.6. The molecular weight excluding hydrogens is 370 g/mol. The Hall–Kier alpha value is -3.00. The molecule has 1 amide bonds. The highest BCUT2D eigenvalue weighted by molar-refractivity contribution is 7.99. The van der Waals surface area contributed by atoms with E-state index in [1.165, 1.54) is 11.8 Å². The van der Waals surface area contributed by atoms with Crippen LogP contribution < -0.4 is 5.32 Å². The van der Waals surface area contributed by atoms with Crippen molar-refractivity contribution in [2.75, 3.05) is 11.1 Å². The number of amides is 1. The van der Waals surface area contributed by atoms with Gasteiger partial charge in [-0.1, -0.05) is 30.0 Å². The molecular formula is C19H14F2N4OS. The zero-order valence-electron chi connectivity index (χ0n) is 14.2. The molecule has 0 atom stereocenters. The Kier molecular flexibility index (Phi) is 4.49. The van der Waals surface area contributed by atoms with E-state index in [2.05, 4.69) is 15.5 Å². The van der Waals surface area contributed by atoms with Gasteiger partial charge in [0.05, 0.1) is 17.0 Å². The fraction of sp³-hybridized carbons (Fsp3) is 0.105. The van der Waals surface area contributed by atoms with E-state index < -0.39 is 17.5 Å². The van der Waals surface area contributed by atoms with E-state index in [0.29, 0.717) is 10.8 Å². The fourth-order valence-corrected chi connectivity index (χ4v) is 3.63. The number of anilines is 1. The monoisotopic (exact) mass is 384 g/mol. The van der Waals surface area contributed by atoms with Crippen LogP contribution in [-0.2, 0) is 4.79 Å². The van der Waals surface area contributed by atoms with Crippen molar-refractivity contribution in [1.29, 1.82) is 0 Å². The third-order valence-electron chi connectivity index (χ3n) is 4.11. The van der Waals surface area contributed by atoms with Crippen LogP contribution in [0.25, 0.3) is 16.6 Å². The number of carbonyl (C=O) groups excluding carboxylic acids is 1. The van der Waals surface area contributed by atoms with Crippen molar-refractivity contribution >= 4 is 39.9 Å². The summed E-state index contributed by atoms with van der Waals surface area (Å²) in [6, 6.07) is 12.7. The van der Waals surface area contributed by atoms with E-state index in [-0.39, 0.29) is 11.4 Å². The maximum Gasteiger partial charge on any atom is 0.234 e. The third-order valence-corrected chi connectivity index (χ3v) is 5.04. The van der Waals surface area contributed by atoms with Crippen LogP contribution >= 0.6 is 11.8 Å². The molecule has 8 heteroatoms. The smallest absolute Gasteiger partial charge is 0.234 e. The van der Waals surface area contributed by atoms with Gasteiger partial charge in [0.1, 0.15) is 11.6 Å². The topological polar surface area (TPSA) is 59.3 Å². The van der Waals surface area contributed by atoms with E-state index in [9.17, 15) is 13.6 Å². The van der Waals surface area contributed by atoms with Crippen molar-refractivity contribution < 1.29 is 13.6 Å². The number of pyridine rings is 1. The number of halogens is 2. The van der Waals surface area contributed by atoms with Crippen LogP contribution in [0.4, 0.5) is 14.5 Å². The van der Waals surface area contributed by atoms with Crippen LogP contribution in [0.3, 0.4) is 0 Å². The number of thioether (sulfide) groups is 1. The number of fused-ring (bicyclic) bond motifs is 3. The van der Waals surface area contributed by atoms with Crippen molar-refractivity contribution in [1.82, 2.24) is 14.6 Å². The minimum absolute atomic E-state index is 0.0149. The average Bonchev–Trinajstić information content (AvgIpc) is 3.06. The summed E-state index contributed by atoms with van der Waals surface area (Å²) in [7, 11) is 0. The van der Waals surface area contributed by atoms with Gasteiger partial charge in [-0.15, -0.1) is 10.2 Å². The van der Waals surface area contributed by atoms with Crippen molar-refractivity contribution in [2.24, 2.45) is 0 Å². The van der Waals surface area contributed by atoms with Crippen LogP contribution in [0.15, 0.2) is 53.7 Å². The number of nitrogens with zero attached hydrogens (tertiary/aromatic N) is 3. The van der Waals surface area contributed by atoms with Crippen LogP contribution in [0, 0.1) is 18.6 Å². The summed E-state index contributed by atoms with van der Waals surface area (Å²) in [5.41, 5.74) is 2.52. The molecule has 0 saturated heterocycles. The second-order valence-electron chi connectivity index (χ2n) is 5.98. The summed E-state index contributed by atoms with van der Waals surface area (Å²) in [4.78, 5) is 12.1. The lowest BCUT2D eigenvalue weighted by molar-refractivity contribution is -0.113. The summed E-state index contributed by atoms with van der Waals surface area (Å²) in [5.74, 6) is -1.79. The molecule has 27 heavy (non-hydrogen) atoms. The molecule has 0 spiro atoms. The number of para-hydroxylation sites is 1. The van der Waals surface area contributed by atoms with Crippen molar-refractivity contribution in [3.8, 4) is 0 Å². The lowest BCUT2D eigenvalue weighted by Gasteiger charge is -2.08. The number of nitrogens with one attached hydrogen (secondary N) is 1. The zero-order valence-corrected chi connectivity index (χ0v) is 15.1. The first kappa shape index (κ1) is 17.4. The van der Waals surface area contributed by atoms with Gasteiger partial charge in [-0.2, -0.15) is 0 Å². The Morgan fingerprint density at radius 2 is 1.96 bits per heavy atom. The molecule has 5 nitrogen and oxygen atoms in total. The molecule has 0 aliphatic heterocycles. The van der Waals surface area contributed by atoms with Crippen LogP contribution in [0.5, 0.6) is 0 Å². The number of hydrogen-bond acceptors (Lipinski definition) is 4. The molecule has 0 aliphatic carbocycles. The average molecular weight is 384 g/mol. The van der Waals surface area contributed by atoms with Crippen molar-refractivity contribution in [3.05, 3.63) is 65.7 Å². The van der Waals surface area contributed by atoms with Gasteiger partial charge in [-0.3, -0.25) is 9.20 Å². The van der Waals surface area contributed by atoms with Crippen LogP contribution in [0.2, 0.25) is 0 Å². The van der Waals surface area contributed by atoms with Gasteiger partial charge < -0.3 is 5.32 Å². The SMILES string of the molecule is Cc1cc2nnc(SCC(=O)Nc3cc(F)ccc3F)n2c2ccccc12. The Morgan fingerprint density at radius 3 is 2.81 bits per heavy atom. The summed E-state index contributed by atoms with van der Waals surface area (Å²) in [5, 5.41) is 12.3. The van der Waals surface area contributed by atoms with Crippen LogP contribution in [0.1, 0.15) is 5.56 Å². The van der Waals surface area contributed by atoms with Gasteiger partial charge in [-0.05, 0) is 36.8 Å². The quantitative estimate of drug-likeness (QED) is 0.536. The molecule has 1 N–H and O–H groups in total. The molecule has 4 rings (SSSR count). The predicted octanol–water partition coefficient (Wildman–Crippen LogP) is 4.20. The van der Waals surface area contributed by atoms with Gasteiger partial charge >= 0.3 is 0 Å². The standard InChI is InChI=1S/C19H14F2N4OS/c1-11-8-17-23-24-19(25(17)16-5-3-2-4-13(11)16)27-10-18(26)22-15-9-12(20)6-7-14(15)21/h2-9H,10H2,1H3,(H,22,26). The van der Waals surface area contributed by atoms with Gasteiger partial charge in [0.25, 0.3) is 0 Å². The molecule has 2 heterocycles. The lowest BCUT2D eigenvalue weighted by Crippen LogP contribution is -2.15. The molecule has 0 bridgehead atoms. The fourth-order valence-electron chi connectivity index (χ4n) is 2.88.